The summed E-state index contributed by atoms with van der Waals surface area (Å²) >= 11 is 0. The molecule has 2 rings (SSSR count). The summed E-state index contributed by atoms with van der Waals surface area (Å²) in [6.07, 6.45) is 0. The molecule has 0 unspecified atom stereocenters. The van der Waals surface area contributed by atoms with Crippen molar-refractivity contribution in [3.8, 4) is 17.0 Å². The lowest BCUT2D eigenvalue weighted by atomic mass is 10.0. The number of hydrogen-bond acceptors (Lipinski definition) is 3. The van der Waals surface area contributed by atoms with Gasteiger partial charge in [0.2, 0.25) is 0 Å². The second-order valence-corrected chi connectivity index (χ2v) is 4.06. The normalized spacial score (nSPS) is 10.2. The van der Waals surface area contributed by atoms with Gasteiger partial charge in [-0.2, -0.15) is 0 Å². The van der Waals surface area contributed by atoms with Gasteiger partial charge in [-0.3, -0.25) is 9.59 Å². The molecule has 0 saturated heterocycles. The number of ether oxygens (including phenoxy) is 1. The van der Waals surface area contributed by atoms with Crippen molar-refractivity contribution in [1.29, 1.82) is 0 Å². The summed E-state index contributed by atoms with van der Waals surface area (Å²) in [7, 11) is 2.99. The van der Waals surface area contributed by atoms with Gasteiger partial charge in [0.1, 0.15) is 11.3 Å². The van der Waals surface area contributed by atoms with Crippen LogP contribution in [-0.4, -0.2) is 17.6 Å². The number of carbonyl (C=O) groups is 1. The molecular formula is C14H14N2O3. The largest absolute Gasteiger partial charge is 0.496 e. The van der Waals surface area contributed by atoms with Gasteiger partial charge in [0.05, 0.1) is 12.8 Å². The van der Waals surface area contributed by atoms with Crippen LogP contribution in [0.25, 0.3) is 11.3 Å². The Kier molecular flexibility index (Phi) is 3.37. The molecule has 0 bridgehead atoms. The third-order valence-electron chi connectivity index (χ3n) is 2.92. The van der Waals surface area contributed by atoms with Gasteiger partial charge in [-0.15, -0.1) is 0 Å². The fourth-order valence-corrected chi connectivity index (χ4v) is 2.01. The Morgan fingerprint density at radius 1 is 1.26 bits per heavy atom. The van der Waals surface area contributed by atoms with E-state index in [1.54, 1.807) is 19.2 Å². The van der Waals surface area contributed by atoms with E-state index in [0.717, 1.165) is 5.56 Å². The lowest BCUT2D eigenvalue weighted by Crippen LogP contribution is -2.24. The summed E-state index contributed by atoms with van der Waals surface area (Å²) in [5, 5.41) is 0. The first-order valence-corrected chi connectivity index (χ1v) is 5.69. The van der Waals surface area contributed by atoms with Crippen molar-refractivity contribution in [2.75, 3.05) is 7.11 Å². The van der Waals surface area contributed by atoms with Crippen molar-refractivity contribution < 1.29 is 9.53 Å². The van der Waals surface area contributed by atoms with E-state index in [9.17, 15) is 9.59 Å². The number of benzene rings is 1. The topological polar surface area (TPSA) is 74.3 Å². The molecule has 1 heterocycles. The third kappa shape index (κ3) is 2.22. The maximum absolute atomic E-state index is 11.9. The molecule has 5 nitrogen and oxygen atoms in total. The number of amides is 1. The Hall–Kier alpha value is -2.56. The molecule has 1 aromatic carbocycles. The van der Waals surface area contributed by atoms with E-state index in [1.807, 2.05) is 18.2 Å². The summed E-state index contributed by atoms with van der Waals surface area (Å²) in [6.45, 7) is 0. The van der Waals surface area contributed by atoms with Crippen LogP contribution in [0.3, 0.4) is 0 Å². The Morgan fingerprint density at radius 2 is 1.89 bits per heavy atom. The first-order chi connectivity index (χ1) is 9.06. The summed E-state index contributed by atoms with van der Waals surface area (Å²) < 4.78 is 6.48. The molecule has 0 atom stereocenters. The average Bonchev–Trinajstić information content (AvgIpc) is 2.41. The minimum absolute atomic E-state index is 0.189. The highest BCUT2D eigenvalue weighted by molar-refractivity contribution is 6.01. The smallest absolute Gasteiger partial charge is 0.254 e. The van der Waals surface area contributed by atoms with E-state index >= 15 is 0 Å². The van der Waals surface area contributed by atoms with Gasteiger partial charge < -0.3 is 15.0 Å². The molecule has 0 saturated carbocycles. The summed E-state index contributed by atoms with van der Waals surface area (Å²) in [5.74, 6) is -0.444. The zero-order chi connectivity index (χ0) is 14.0. The maximum atomic E-state index is 11.9. The number of rotatable bonds is 3. The van der Waals surface area contributed by atoms with Gasteiger partial charge in [-0.25, -0.2) is 0 Å². The molecule has 0 aliphatic heterocycles. The van der Waals surface area contributed by atoms with E-state index in [4.69, 9.17) is 10.5 Å². The molecule has 1 amide bonds. The number of hydrogen-bond donors (Lipinski definition) is 1. The molecular weight excluding hydrogens is 244 g/mol. The van der Waals surface area contributed by atoms with Crippen LogP contribution >= 0.6 is 0 Å². The second-order valence-electron chi connectivity index (χ2n) is 4.06. The highest BCUT2D eigenvalue weighted by Crippen LogP contribution is 2.28. The van der Waals surface area contributed by atoms with Crippen molar-refractivity contribution in [1.82, 2.24) is 4.57 Å². The number of primary amides is 1. The lowest BCUT2D eigenvalue weighted by Gasteiger charge is -2.15. The van der Waals surface area contributed by atoms with Crippen LogP contribution in [0.5, 0.6) is 5.75 Å². The lowest BCUT2D eigenvalue weighted by molar-refractivity contribution is 0.0997. The molecule has 19 heavy (non-hydrogen) atoms. The molecule has 98 valence electrons. The molecule has 0 radical (unpaired) electrons. The van der Waals surface area contributed by atoms with Crippen molar-refractivity contribution in [3.63, 3.8) is 0 Å². The second kappa shape index (κ2) is 4.97. The number of nitrogens with two attached hydrogens (primary N) is 1. The SMILES string of the molecule is COc1cc(=O)n(C)c(-c2ccccc2)c1C(N)=O. The molecule has 0 aliphatic rings. The Labute approximate surface area is 110 Å². The average molecular weight is 258 g/mol. The highest BCUT2D eigenvalue weighted by atomic mass is 16.5. The van der Waals surface area contributed by atoms with Gasteiger partial charge in [-0.05, 0) is 5.56 Å². The summed E-state index contributed by atoms with van der Waals surface area (Å²) in [6, 6.07) is 10.4. The molecule has 1 aromatic heterocycles. The van der Waals surface area contributed by atoms with Crippen LogP contribution < -0.4 is 16.0 Å². The van der Waals surface area contributed by atoms with Crippen LogP contribution in [0, 0.1) is 0 Å². The van der Waals surface area contributed by atoms with E-state index in [1.165, 1.54) is 17.7 Å². The molecule has 2 N–H and O–H groups in total. The van der Waals surface area contributed by atoms with E-state index in [2.05, 4.69) is 0 Å². The van der Waals surface area contributed by atoms with Crippen molar-refractivity contribution >= 4 is 5.91 Å². The van der Waals surface area contributed by atoms with Gasteiger partial charge in [-0.1, -0.05) is 30.3 Å². The predicted octanol–water partition coefficient (Wildman–Crippen LogP) is 1.16. The van der Waals surface area contributed by atoms with Crippen LogP contribution in [-0.2, 0) is 7.05 Å². The quantitative estimate of drug-likeness (QED) is 0.897. The van der Waals surface area contributed by atoms with Gasteiger partial charge in [0.25, 0.3) is 11.5 Å². The first-order valence-electron chi connectivity index (χ1n) is 5.69. The first kappa shape index (κ1) is 12.9. The minimum Gasteiger partial charge on any atom is -0.496 e. The van der Waals surface area contributed by atoms with Gasteiger partial charge in [0.15, 0.2) is 0 Å². The number of carbonyl (C=O) groups excluding carboxylic acids is 1. The predicted molar refractivity (Wildman–Crippen MR) is 72.2 cm³/mol. The maximum Gasteiger partial charge on any atom is 0.254 e. The molecule has 0 fully saturated rings. The zero-order valence-corrected chi connectivity index (χ0v) is 10.7. The van der Waals surface area contributed by atoms with Crippen LogP contribution in [0.2, 0.25) is 0 Å². The van der Waals surface area contributed by atoms with E-state index in [-0.39, 0.29) is 16.9 Å². The minimum atomic E-state index is -0.633. The van der Waals surface area contributed by atoms with E-state index < -0.39 is 5.91 Å². The zero-order valence-electron chi connectivity index (χ0n) is 10.7. The Balaban J connectivity index is 2.88. The fraction of sp³-hybridized carbons (Fsp3) is 0.143. The van der Waals surface area contributed by atoms with Crippen LogP contribution in [0.4, 0.5) is 0 Å². The molecule has 5 heteroatoms. The number of methoxy groups -OCH3 is 1. The summed E-state index contributed by atoms with van der Waals surface area (Å²) in [4.78, 5) is 23.6. The highest BCUT2D eigenvalue weighted by Gasteiger charge is 2.20. The molecule has 2 aromatic rings. The molecule has 0 spiro atoms. The Morgan fingerprint density at radius 3 is 2.42 bits per heavy atom. The van der Waals surface area contributed by atoms with Crippen molar-refractivity contribution in [3.05, 3.63) is 52.3 Å². The Bertz CT molecular complexity index is 675. The van der Waals surface area contributed by atoms with Crippen molar-refractivity contribution in [2.45, 2.75) is 0 Å². The number of nitrogens with zero attached hydrogens (tertiary/aromatic N) is 1. The third-order valence-corrected chi connectivity index (χ3v) is 2.92. The van der Waals surface area contributed by atoms with Crippen LogP contribution in [0.1, 0.15) is 10.4 Å². The van der Waals surface area contributed by atoms with Crippen LogP contribution in [0.15, 0.2) is 41.2 Å². The van der Waals surface area contributed by atoms with Gasteiger partial charge in [0, 0.05) is 13.1 Å². The number of pyridine rings is 1. The fourth-order valence-electron chi connectivity index (χ4n) is 2.01. The van der Waals surface area contributed by atoms with E-state index in [0.29, 0.717) is 5.69 Å². The summed E-state index contributed by atoms with van der Waals surface area (Å²) in [5.41, 5.74) is 6.54. The monoisotopic (exact) mass is 258 g/mol. The van der Waals surface area contributed by atoms with Crippen molar-refractivity contribution in [2.24, 2.45) is 12.8 Å². The number of aromatic nitrogens is 1. The standard InChI is InChI=1S/C14H14N2O3/c1-16-11(17)8-10(19-2)12(14(15)18)13(16)9-6-4-3-5-7-9/h3-8H,1-2H3,(H2,15,18). The van der Waals surface area contributed by atoms with Gasteiger partial charge >= 0.3 is 0 Å². The molecule has 0 aliphatic carbocycles.